The van der Waals surface area contributed by atoms with Gasteiger partial charge < -0.3 is 24.7 Å². The van der Waals surface area contributed by atoms with E-state index in [0.717, 1.165) is 11.1 Å². The lowest BCUT2D eigenvalue weighted by atomic mass is 9.82. The van der Waals surface area contributed by atoms with Crippen molar-refractivity contribution in [1.82, 2.24) is 30.3 Å². The van der Waals surface area contributed by atoms with Crippen LogP contribution in [0.15, 0.2) is 28.8 Å². The molecule has 1 aromatic carbocycles. The van der Waals surface area contributed by atoms with E-state index in [0.29, 0.717) is 5.56 Å². The van der Waals surface area contributed by atoms with Gasteiger partial charge >= 0.3 is 12.2 Å². The first-order valence-electron chi connectivity index (χ1n) is 13.7. The summed E-state index contributed by atoms with van der Waals surface area (Å²) in [6.07, 6.45) is -4.47. The number of nitrogens with one attached hydrogen (secondary N) is 2. The van der Waals surface area contributed by atoms with Gasteiger partial charge in [0.25, 0.3) is 5.91 Å². The number of ether oxygens (including phenoxy) is 1. The molecule has 3 unspecified atom stereocenters. The Hall–Kier alpha value is -3.82. The molecule has 2 aliphatic rings. The molecular formula is C27H30F6N6O4. The average Bonchev–Trinajstić information content (AvgIpc) is 3.66. The van der Waals surface area contributed by atoms with Gasteiger partial charge in [0.1, 0.15) is 17.6 Å². The molecule has 3 amide bonds. The molecular weight excluding hydrogens is 586 g/mol. The van der Waals surface area contributed by atoms with Crippen LogP contribution in [0.1, 0.15) is 66.6 Å². The molecule has 16 heteroatoms. The highest BCUT2D eigenvalue weighted by Crippen LogP contribution is 2.42. The number of alkyl halides is 5. The van der Waals surface area contributed by atoms with Crippen molar-refractivity contribution < 1.29 is 45.1 Å². The van der Waals surface area contributed by atoms with Gasteiger partial charge in [0.05, 0.1) is 25.4 Å². The molecule has 0 spiro atoms. The van der Waals surface area contributed by atoms with E-state index >= 15 is 0 Å². The Balaban J connectivity index is 1.46. The van der Waals surface area contributed by atoms with Crippen molar-refractivity contribution in [3.8, 4) is 0 Å². The summed E-state index contributed by atoms with van der Waals surface area (Å²) in [5.74, 6) is -5.03. The Labute approximate surface area is 241 Å². The summed E-state index contributed by atoms with van der Waals surface area (Å²) in [4.78, 5) is 31.2. The van der Waals surface area contributed by atoms with Crippen molar-refractivity contribution in [2.24, 2.45) is 5.92 Å². The zero-order chi connectivity index (χ0) is 31.1. The lowest BCUT2D eigenvalue weighted by Crippen LogP contribution is -2.40. The van der Waals surface area contributed by atoms with Gasteiger partial charge in [-0.25, -0.2) is 22.9 Å². The van der Waals surface area contributed by atoms with Gasteiger partial charge in [-0.15, -0.1) is 0 Å². The second-order valence-corrected chi connectivity index (χ2v) is 10.7. The normalized spacial score (nSPS) is 20.8. The maximum Gasteiger partial charge on any atom is 0.410 e. The topological polar surface area (TPSA) is 115 Å². The molecule has 5 rings (SSSR count). The van der Waals surface area contributed by atoms with Crippen LogP contribution in [0.4, 0.5) is 31.1 Å². The number of carbonyl (C=O) groups is 2. The molecule has 1 saturated heterocycles. The third-order valence-corrected chi connectivity index (χ3v) is 7.94. The Morgan fingerprint density at radius 1 is 1.28 bits per heavy atom. The number of methoxy groups -OCH3 is 1. The Morgan fingerprint density at radius 2 is 2.00 bits per heavy atom. The van der Waals surface area contributed by atoms with Crippen LogP contribution >= 0.6 is 0 Å². The monoisotopic (exact) mass is 616 g/mol. The van der Waals surface area contributed by atoms with Gasteiger partial charge in [-0.3, -0.25) is 9.48 Å². The SMILES string of the molecule is CCn1ncc(F)c1C(=O)NC(c1nc2cc(C(COC)N3CC(C(F)(F)F)NC3=O)ccc2o1)C1CCC(F)(F)CC1. The summed E-state index contributed by atoms with van der Waals surface area (Å²) in [5, 5.41) is 8.48. The largest absolute Gasteiger partial charge is 0.438 e. The number of amides is 3. The number of fused-ring (bicyclic) bond motifs is 1. The van der Waals surface area contributed by atoms with Crippen molar-refractivity contribution >= 4 is 23.0 Å². The Bertz CT molecular complexity index is 1480. The molecule has 234 valence electrons. The molecule has 2 N–H and O–H groups in total. The van der Waals surface area contributed by atoms with Crippen LogP contribution < -0.4 is 10.6 Å². The zero-order valence-corrected chi connectivity index (χ0v) is 23.3. The van der Waals surface area contributed by atoms with Crippen molar-refractivity contribution in [2.75, 3.05) is 20.3 Å². The number of halogens is 6. The van der Waals surface area contributed by atoms with E-state index in [2.05, 4.69) is 15.4 Å². The molecule has 2 fully saturated rings. The minimum atomic E-state index is -4.63. The molecule has 43 heavy (non-hydrogen) atoms. The number of nitrogens with zero attached hydrogens (tertiary/aromatic N) is 4. The number of oxazole rings is 1. The number of carbonyl (C=O) groups excluding carboxylic acids is 2. The third-order valence-electron chi connectivity index (χ3n) is 7.94. The van der Waals surface area contributed by atoms with E-state index in [1.165, 1.54) is 23.9 Å². The van der Waals surface area contributed by atoms with Crippen molar-refractivity contribution in [1.29, 1.82) is 0 Å². The quantitative estimate of drug-likeness (QED) is 0.323. The highest BCUT2D eigenvalue weighted by molar-refractivity contribution is 5.93. The number of aryl methyl sites for hydroxylation is 1. The summed E-state index contributed by atoms with van der Waals surface area (Å²) in [6.45, 7) is 1.15. The predicted molar refractivity (Wildman–Crippen MR) is 139 cm³/mol. The minimum absolute atomic E-state index is 0.00182. The highest BCUT2D eigenvalue weighted by Gasteiger charge is 2.48. The number of aromatic nitrogens is 3. The second kappa shape index (κ2) is 11.7. The molecule has 10 nitrogen and oxygen atoms in total. The van der Waals surface area contributed by atoms with Gasteiger partial charge in [0.2, 0.25) is 11.8 Å². The van der Waals surface area contributed by atoms with Crippen molar-refractivity contribution in [3.05, 3.63) is 47.4 Å². The van der Waals surface area contributed by atoms with Gasteiger partial charge in [0.15, 0.2) is 17.1 Å². The number of hydrogen-bond donors (Lipinski definition) is 2. The van der Waals surface area contributed by atoms with Gasteiger partial charge in [0, 0.05) is 26.5 Å². The van der Waals surface area contributed by atoms with Crippen molar-refractivity contribution in [2.45, 2.75) is 69.4 Å². The molecule has 3 atom stereocenters. The van der Waals surface area contributed by atoms with Crippen LogP contribution in [0.25, 0.3) is 11.1 Å². The van der Waals surface area contributed by atoms with E-state index in [4.69, 9.17) is 9.15 Å². The number of benzene rings is 1. The Morgan fingerprint density at radius 3 is 2.63 bits per heavy atom. The first kappa shape index (κ1) is 30.6. The van der Waals surface area contributed by atoms with Gasteiger partial charge in [-0.05, 0) is 43.4 Å². The van der Waals surface area contributed by atoms with Crippen LogP contribution in [-0.2, 0) is 11.3 Å². The molecule has 0 bridgehead atoms. The lowest BCUT2D eigenvalue weighted by Gasteiger charge is -2.32. The van der Waals surface area contributed by atoms with Crippen LogP contribution in [-0.4, -0.2) is 70.0 Å². The van der Waals surface area contributed by atoms with Crippen molar-refractivity contribution in [3.63, 3.8) is 0 Å². The molecule has 3 aromatic rings. The summed E-state index contributed by atoms with van der Waals surface area (Å²) in [5.41, 5.74) is 0.597. The van der Waals surface area contributed by atoms with Gasteiger partial charge in [-0.1, -0.05) is 6.07 Å². The number of rotatable bonds is 9. The van der Waals surface area contributed by atoms with E-state index in [1.807, 2.05) is 5.32 Å². The predicted octanol–water partition coefficient (Wildman–Crippen LogP) is 5.12. The molecule has 0 radical (unpaired) electrons. The summed E-state index contributed by atoms with van der Waals surface area (Å²) < 4.78 is 94.6. The van der Waals surface area contributed by atoms with Crippen LogP contribution in [0.5, 0.6) is 0 Å². The first-order chi connectivity index (χ1) is 20.3. The number of urea groups is 1. The fraction of sp³-hybridized carbons (Fsp3) is 0.556. The molecule has 1 aliphatic carbocycles. The lowest BCUT2D eigenvalue weighted by molar-refractivity contribution is -0.150. The van der Waals surface area contributed by atoms with E-state index < -0.39 is 73.3 Å². The fourth-order valence-corrected chi connectivity index (χ4v) is 5.65. The van der Waals surface area contributed by atoms with Crippen LogP contribution in [0.3, 0.4) is 0 Å². The highest BCUT2D eigenvalue weighted by atomic mass is 19.4. The molecule has 1 saturated carbocycles. The van der Waals surface area contributed by atoms with Crippen LogP contribution in [0, 0.1) is 11.7 Å². The first-order valence-corrected chi connectivity index (χ1v) is 13.7. The van der Waals surface area contributed by atoms with Crippen LogP contribution in [0.2, 0.25) is 0 Å². The average molecular weight is 617 g/mol. The summed E-state index contributed by atoms with van der Waals surface area (Å²) >= 11 is 0. The number of hydrogen-bond acceptors (Lipinski definition) is 6. The smallest absolute Gasteiger partial charge is 0.410 e. The third kappa shape index (κ3) is 6.28. The maximum atomic E-state index is 14.5. The molecule has 2 aromatic heterocycles. The molecule has 1 aliphatic heterocycles. The maximum absolute atomic E-state index is 14.5. The summed E-state index contributed by atoms with van der Waals surface area (Å²) in [6, 6.07) is -0.234. The van der Waals surface area contributed by atoms with E-state index in [-0.39, 0.29) is 48.7 Å². The summed E-state index contributed by atoms with van der Waals surface area (Å²) in [7, 11) is 1.35. The minimum Gasteiger partial charge on any atom is -0.438 e. The second-order valence-electron chi connectivity index (χ2n) is 10.7. The standard InChI is InChI=1S/C27H30F6N6O4/c1-3-39-22(16(28)11-34-39)23(40)37-21(14-6-8-26(29,30)9-7-14)24-35-17-10-15(4-5-19(17)43-24)18(13-42-2)38-12-20(27(31,32)33)36-25(38)41/h4-5,10-11,14,18,20-21H,3,6-9,12-13H2,1-2H3,(H,36,41)(H,37,40). The fourth-order valence-electron chi connectivity index (χ4n) is 5.65. The van der Waals surface area contributed by atoms with E-state index in [9.17, 15) is 35.9 Å². The Kier molecular flexibility index (Phi) is 8.33. The van der Waals surface area contributed by atoms with Gasteiger partial charge in [-0.2, -0.15) is 18.3 Å². The van der Waals surface area contributed by atoms with E-state index in [1.54, 1.807) is 13.0 Å². The molecule has 3 heterocycles. The zero-order valence-electron chi connectivity index (χ0n) is 23.3.